The Morgan fingerprint density at radius 2 is 2.00 bits per heavy atom. The average molecular weight is 280 g/mol. The zero-order valence-electron chi connectivity index (χ0n) is 11.5. The number of aryl methyl sites for hydroxylation is 1. The van der Waals surface area contributed by atoms with Crippen LogP contribution in [0, 0.1) is 6.92 Å². The number of aliphatic hydroxyl groups excluding tert-OH is 1. The first-order chi connectivity index (χ1) is 9.61. The van der Waals surface area contributed by atoms with Gasteiger partial charge in [-0.2, -0.15) is 0 Å². The Bertz CT molecular complexity index is 434. The number of hydrogen-bond acceptors (Lipinski definition) is 4. The highest BCUT2D eigenvalue weighted by Gasteiger charge is 2.04. The normalized spacial score (nSPS) is 9.90. The van der Waals surface area contributed by atoms with Crippen LogP contribution in [0.25, 0.3) is 0 Å². The number of rotatable bonds is 7. The quantitative estimate of drug-likeness (QED) is 0.543. The number of pyridine rings is 1. The number of anilines is 1. The Kier molecular flexibility index (Phi) is 7.05. The van der Waals surface area contributed by atoms with Gasteiger partial charge in [0.25, 0.3) is 0 Å². The van der Waals surface area contributed by atoms with Crippen molar-refractivity contribution in [1.29, 1.82) is 0 Å². The van der Waals surface area contributed by atoms with E-state index < -0.39 is 0 Å². The molecule has 7 heteroatoms. The van der Waals surface area contributed by atoms with Gasteiger partial charge in [0.05, 0.1) is 0 Å². The maximum atomic E-state index is 11.6. The third-order valence-corrected chi connectivity index (χ3v) is 2.44. The molecule has 1 aromatic rings. The number of nitrogens with one attached hydrogen (secondary N) is 3. The zero-order chi connectivity index (χ0) is 14.8. The molecule has 110 valence electrons. The molecule has 0 radical (unpaired) electrons. The minimum atomic E-state index is -0.347. The van der Waals surface area contributed by atoms with Crippen LogP contribution in [0.5, 0.6) is 0 Å². The molecule has 0 bridgehead atoms. The van der Waals surface area contributed by atoms with Gasteiger partial charge in [-0.25, -0.2) is 9.78 Å². The van der Waals surface area contributed by atoms with Crippen molar-refractivity contribution in [2.45, 2.75) is 19.8 Å². The number of carbonyl (C=O) groups is 2. The van der Waals surface area contributed by atoms with Gasteiger partial charge in [0.15, 0.2) is 0 Å². The van der Waals surface area contributed by atoms with E-state index >= 15 is 0 Å². The molecule has 0 saturated carbocycles. The largest absolute Gasteiger partial charge is 0.396 e. The summed E-state index contributed by atoms with van der Waals surface area (Å²) in [5, 5.41) is 16.3. The van der Waals surface area contributed by atoms with Crippen LogP contribution in [0.1, 0.15) is 18.4 Å². The van der Waals surface area contributed by atoms with Gasteiger partial charge in [0, 0.05) is 32.3 Å². The van der Waals surface area contributed by atoms with Gasteiger partial charge < -0.3 is 21.1 Å². The lowest BCUT2D eigenvalue weighted by atomic mass is 10.3. The van der Waals surface area contributed by atoms with Gasteiger partial charge in [-0.15, -0.1) is 0 Å². The Labute approximate surface area is 117 Å². The fourth-order valence-corrected chi connectivity index (χ4v) is 1.38. The van der Waals surface area contributed by atoms with E-state index in [9.17, 15) is 9.59 Å². The summed E-state index contributed by atoms with van der Waals surface area (Å²) >= 11 is 0. The first kappa shape index (κ1) is 15.9. The predicted molar refractivity (Wildman–Crippen MR) is 75.3 cm³/mol. The Morgan fingerprint density at radius 3 is 2.65 bits per heavy atom. The van der Waals surface area contributed by atoms with Crippen molar-refractivity contribution in [3.05, 3.63) is 23.9 Å². The summed E-state index contributed by atoms with van der Waals surface area (Å²) in [5.74, 6) is 0.282. The van der Waals surface area contributed by atoms with Crippen LogP contribution < -0.4 is 16.0 Å². The molecule has 4 N–H and O–H groups in total. The summed E-state index contributed by atoms with van der Waals surface area (Å²) in [6.07, 6.45) is 2.35. The summed E-state index contributed by atoms with van der Waals surface area (Å²) in [7, 11) is 0. The van der Waals surface area contributed by atoms with Gasteiger partial charge in [0.2, 0.25) is 5.91 Å². The van der Waals surface area contributed by atoms with Gasteiger partial charge in [0.1, 0.15) is 5.82 Å². The molecule has 20 heavy (non-hydrogen) atoms. The molecule has 0 fully saturated rings. The molecule has 0 aromatic carbocycles. The second kappa shape index (κ2) is 8.87. The van der Waals surface area contributed by atoms with E-state index in [0.29, 0.717) is 18.8 Å². The number of aromatic nitrogens is 1. The standard InChI is InChI=1S/C13H20N4O3/c1-10-3-4-11(16-9-10)17-12(19)5-7-15-13(20)14-6-2-8-18/h3-4,9,18H,2,5-8H2,1H3,(H2,14,15,20)(H,16,17,19). The highest BCUT2D eigenvalue weighted by atomic mass is 16.3. The Hall–Kier alpha value is -2.15. The smallest absolute Gasteiger partial charge is 0.314 e. The average Bonchev–Trinajstić information content (AvgIpc) is 2.42. The molecule has 0 spiro atoms. The van der Waals surface area contributed by atoms with Gasteiger partial charge in [-0.1, -0.05) is 6.07 Å². The second-order valence-corrected chi connectivity index (χ2v) is 4.28. The van der Waals surface area contributed by atoms with Crippen molar-refractivity contribution in [2.75, 3.05) is 25.0 Å². The number of aliphatic hydroxyl groups is 1. The van der Waals surface area contributed by atoms with E-state index in [1.54, 1.807) is 12.3 Å². The van der Waals surface area contributed by atoms with Gasteiger partial charge >= 0.3 is 6.03 Å². The van der Waals surface area contributed by atoms with Crippen molar-refractivity contribution in [3.63, 3.8) is 0 Å². The van der Waals surface area contributed by atoms with E-state index in [0.717, 1.165) is 5.56 Å². The molecule has 7 nitrogen and oxygen atoms in total. The van der Waals surface area contributed by atoms with Crippen LogP contribution in [0.2, 0.25) is 0 Å². The first-order valence-electron chi connectivity index (χ1n) is 6.47. The molecule has 0 saturated heterocycles. The minimum absolute atomic E-state index is 0.0340. The SMILES string of the molecule is Cc1ccc(NC(=O)CCNC(=O)NCCCO)nc1. The van der Waals surface area contributed by atoms with E-state index in [2.05, 4.69) is 20.9 Å². The number of carbonyl (C=O) groups excluding carboxylic acids is 2. The molecule has 1 heterocycles. The van der Waals surface area contributed by atoms with Crippen LogP contribution in [0.3, 0.4) is 0 Å². The van der Waals surface area contributed by atoms with Crippen molar-refractivity contribution < 1.29 is 14.7 Å². The fraction of sp³-hybridized carbons (Fsp3) is 0.462. The third kappa shape index (κ3) is 6.69. The maximum absolute atomic E-state index is 11.6. The van der Waals surface area contributed by atoms with Crippen molar-refractivity contribution in [1.82, 2.24) is 15.6 Å². The van der Waals surface area contributed by atoms with Crippen LogP contribution in [0.4, 0.5) is 10.6 Å². The molecule has 1 aromatic heterocycles. The lowest BCUT2D eigenvalue weighted by Crippen LogP contribution is -2.37. The molecule has 0 atom stereocenters. The maximum Gasteiger partial charge on any atom is 0.314 e. The Morgan fingerprint density at radius 1 is 1.25 bits per heavy atom. The molecular weight excluding hydrogens is 260 g/mol. The third-order valence-electron chi connectivity index (χ3n) is 2.44. The van der Waals surface area contributed by atoms with Crippen molar-refractivity contribution >= 4 is 17.8 Å². The van der Waals surface area contributed by atoms with Crippen LogP contribution in [-0.4, -0.2) is 41.7 Å². The molecule has 0 unspecified atom stereocenters. The molecule has 1 rings (SSSR count). The van der Waals surface area contributed by atoms with Crippen molar-refractivity contribution in [2.24, 2.45) is 0 Å². The van der Waals surface area contributed by atoms with Gasteiger partial charge in [-0.3, -0.25) is 4.79 Å². The van der Waals surface area contributed by atoms with Crippen LogP contribution >= 0.6 is 0 Å². The van der Waals surface area contributed by atoms with Crippen LogP contribution in [0.15, 0.2) is 18.3 Å². The lowest BCUT2D eigenvalue weighted by Gasteiger charge is -2.07. The highest BCUT2D eigenvalue weighted by molar-refractivity contribution is 5.90. The molecular formula is C13H20N4O3. The number of hydrogen-bond donors (Lipinski definition) is 4. The highest BCUT2D eigenvalue weighted by Crippen LogP contribution is 2.03. The monoisotopic (exact) mass is 280 g/mol. The van der Waals surface area contributed by atoms with Crippen molar-refractivity contribution in [3.8, 4) is 0 Å². The van der Waals surface area contributed by atoms with E-state index in [-0.39, 0.29) is 31.5 Å². The van der Waals surface area contributed by atoms with E-state index in [4.69, 9.17) is 5.11 Å². The number of urea groups is 1. The van der Waals surface area contributed by atoms with Crippen LogP contribution in [-0.2, 0) is 4.79 Å². The second-order valence-electron chi connectivity index (χ2n) is 4.28. The number of amides is 3. The number of nitrogens with zero attached hydrogens (tertiary/aromatic N) is 1. The fourth-order valence-electron chi connectivity index (χ4n) is 1.38. The van der Waals surface area contributed by atoms with Gasteiger partial charge in [-0.05, 0) is 25.0 Å². The zero-order valence-corrected chi connectivity index (χ0v) is 11.5. The summed E-state index contributed by atoms with van der Waals surface area (Å²) in [4.78, 5) is 26.9. The first-order valence-corrected chi connectivity index (χ1v) is 6.47. The molecule has 0 aliphatic carbocycles. The Balaban J connectivity index is 2.17. The summed E-state index contributed by atoms with van der Waals surface area (Å²) in [6, 6.07) is 3.23. The topological polar surface area (TPSA) is 103 Å². The summed E-state index contributed by atoms with van der Waals surface area (Å²) in [5.41, 5.74) is 1.02. The predicted octanol–water partition coefficient (Wildman–Crippen LogP) is 0.400. The molecule has 3 amide bonds. The molecule has 0 aliphatic rings. The summed E-state index contributed by atoms with van der Waals surface area (Å²) in [6.45, 7) is 2.59. The lowest BCUT2D eigenvalue weighted by molar-refractivity contribution is -0.116. The van der Waals surface area contributed by atoms with E-state index in [1.807, 2.05) is 13.0 Å². The molecule has 0 aliphatic heterocycles. The summed E-state index contributed by atoms with van der Waals surface area (Å²) < 4.78 is 0. The van der Waals surface area contributed by atoms with E-state index in [1.165, 1.54) is 0 Å². The minimum Gasteiger partial charge on any atom is -0.396 e.